The molecule has 2 N–H and O–H groups in total. The number of benzene rings is 1. The van der Waals surface area contributed by atoms with E-state index in [-0.39, 0.29) is 16.7 Å². The van der Waals surface area contributed by atoms with Crippen LogP contribution in [0, 0.1) is 5.82 Å². The minimum absolute atomic E-state index is 0.194. The summed E-state index contributed by atoms with van der Waals surface area (Å²) in [5.41, 5.74) is 6.21. The monoisotopic (exact) mass is 252 g/mol. The van der Waals surface area contributed by atoms with Crippen LogP contribution in [0.5, 0.6) is 0 Å². The summed E-state index contributed by atoms with van der Waals surface area (Å²) < 4.78 is 13.1. The van der Waals surface area contributed by atoms with Gasteiger partial charge < -0.3 is 10.6 Å². The van der Waals surface area contributed by atoms with Gasteiger partial charge in [0.05, 0.1) is 0 Å². The Morgan fingerprint density at radius 2 is 2.12 bits per heavy atom. The Balaban J connectivity index is 2.44. The summed E-state index contributed by atoms with van der Waals surface area (Å²) in [6, 6.07) is 6.11. The second-order valence-corrected chi connectivity index (χ2v) is 3.81. The largest absolute Gasteiger partial charge is 0.382 e. The number of anilines is 3. The molecule has 1 heterocycles. The van der Waals surface area contributed by atoms with Crippen molar-refractivity contribution in [3.05, 3.63) is 41.4 Å². The van der Waals surface area contributed by atoms with E-state index in [1.54, 1.807) is 24.1 Å². The van der Waals surface area contributed by atoms with Crippen LogP contribution in [-0.4, -0.2) is 17.0 Å². The minimum Gasteiger partial charge on any atom is -0.382 e. The zero-order valence-electron chi connectivity index (χ0n) is 9.06. The smallest absolute Gasteiger partial charge is 0.157 e. The average Bonchev–Trinajstić information content (AvgIpc) is 2.32. The fraction of sp³-hybridized carbons (Fsp3) is 0.0909. The molecular formula is C11H10ClFN4. The SMILES string of the molecule is CN(c1cccc(F)c1)c1ncnc(N)c1Cl. The first-order valence-electron chi connectivity index (χ1n) is 4.85. The lowest BCUT2D eigenvalue weighted by atomic mass is 10.3. The highest BCUT2D eigenvalue weighted by Crippen LogP contribution is 2.30. The van der Waals surface area contributed by atoms with Crippen molar-refractivity contribution in [1.82, 2.24) is 9.97 Å². The van der Waals surface area contributed by atoms with Crippen molar-refractivity contribution in [2.24, 2.45) is 0 Å². The Bertz CT molecular complexity index is 547. The molecule has 0 radical (unpaired) electrons. The Kier molecular flexibility index (Phi) is 3.10. The van der Waals surface area contributed by atoms with Crippen LogP contribution in [-0.2, 0) is 0 Å². The number of hydrogen-bond acceptors (Lipinski definition) is 4. The van der Waals surface area contributed by atoms with E-state index in [0.717, 1.165) is 0 Å². The van der Waals surface area contributed by atoms with Gasteiger partial charge in [0, 0.05) is 12.7 Å². The molecule has 0 aliphatic rings. The molecule has 2 rings (SSSR count). The Morgan fingerprint density at radius 1 is 1.35 bits per heavy atom. The molecule has 0 aliphatic carbocycles. The highest BCUT2D eigenvalue weighted by atomic mass is 35.5. The van der Waals surface area contributed by atoms with Gasteiger partial charge in [-0.25, -0.2) is 14.4 Å². The van der Waals surface area contributed by atoms with Gasteiger partial charge in [0.25, 0.3) is 0 Å². The highest BCUT2D eigenvalue weighted by molar-refractivity contribution is 6.35. The van der Waals surface area contributed by atoms with Crippen LogP contribution < -0.4 is 10.6 Å². The van der Waals surface area contributed by atoms with E-state index in [2.05, 4.69) is 9.97 Å². The minimum atomic E-state index is -0.326. The molecule has 2 aromatic rings. The van der Waals surface area contributed by atoms with Gasteiger partial charge in [-0.05, 0) is 18.2 Å². The number of aromatic nitrogens is 2. The molecule has 4 nitrogen and oxygen atoms in total. The van der Waals surface area contributed by atoms with Crippen LogP contribution in [0.4, 0.5) is 21.7 Å². The molecular weight excluding hydrogens is 243 g/mol. The van der Waals surface area contributed by atoms with E-state index in [0.29, 0.717) is 11.5 Å². The molecule has 88 valence electrons. The van der Waals surface area contributed by atoms with Gasteiger partial charge in [-0.3, -0.25) is 0 Å². The van der Waals surface area contributed by atoms with Gasteiger partial charge in [-0.1, -0.05) is 17.7 Å². The molecule has 17 heavy (non-hydrogen) atoms. The molecule has 0 aliphatic heterocycles. The standard InChI is InChI=1S/C11H10ClFN4/c1-17(8-4-2-3-7(13)5-8)11-9(12)10(14)15-6-16-11/h2-6H,1H3,(H2,14,15,16). The Morgan fingerprint density at radius 3 is 2.82 bits per heavy atom. The zero-order valence-corrected chi connectivity index (χ0v) is 9.82. The maximum absolute atomic E-state index is 13.1. The third-order valence-corrected chi connectivity index (χ3v) is 2.67. The maximum Gasteiger partial charge on any atom is 0.157 e. The summed E-state index contributed by atoms with van der Waals surface area (Å²) in [5.74, 6) is 0.303. The third kappa shape index (κ3) is 2.29. The fourth-order valence-corrected chi connectivity index (χ4v) is 1.64. The number of rotatable bonds is 2. The number of nitrogen functional groups attached to an aromatic ring is 1. The number of nitrogens with two attached hydrogens (primary N) is 1. The average molecular weight is 253 g/mol. The summed E-state index contributed by atoms with van der Waals surface area (Å²) in [6.07, 6.45) is 1.31. The molecule has 0 saturated heterocycles. The molecule has 6 heteroatoms. The maximum atomic E-state index is 13.1. The summed E-state index contributed by atoms with van der Waals surface area (Å²) in [7, 11) is 1.72. The predicted molar refractivity (Wildman–Crippen MR) is 65.9 cm³/mol. The van der Waals surface area contributed by atoms with E-state index in [1.165, 1.54) is 18.5 Å². The third-order valence-electron chi connectivity index (χ3n) is 2.31. The number of hydrogen-bond donors (Lipinski definition) is 1. The van der Waals surface area contributed by atoms with Crippen molar-refractivity contribution in [2.45, 2.75) is 0 Å². The predicted octanol–water partition coefficient (Wildman–Crippen LogP) is 2.62. The van der Waals surface area contributed by atoms with Crippen molar-refractivity contribution in [1.29, 1.82) is 0 Å². The number of halogens is 2. The van der Waals surface area contributed by atoms with Gasteiger partial charge in [0.2, 0.25) is 0 Å². The highest BCUT2D eigenvalue weighted by Gasteiger charge is 2.12. The number of nitrogens with zero attached hydrogens (tertiary/aromatic N) is 3. The van der Waals surface area contributed by atoms with E-state index in [9.17, 15) is 4.39 Å². The van der Waals surface area contributed by atoms with Crippen LogP contribution in [0.15, 0.2) is 30.6 Å². The Labute approximate surface area is 103 Å². The summed E-state index contributed by atoms with van der Waals surface area (Å²) in [6.45, 7) is 0. The van der Waals surface area contributed by atoms with Crippen molar-refractivity contribution in [2.75, 3.05) is 17.7 Å². The summed E-state index contributed by atoms with van der Waals surface area (Å²) in [5, 5.41) is 0.249. The topological polar surface area (TPSA) is 55.0 Å². The van der Waals surface area contributed by atoms with Crippen LogP contribution in [0.25, 0.3) is 0 Å². The summed E-state index contributed by atoms with van der Waals surface area (Å²) >= 11 is 5.99. The van der Waals surface area contributed by atoms with Crippen molar-refractivity contribution >= 4 is 28.9 Å². The van der Waals surface area contributed by atoms with E-state index in [1.807, 2.05) is 0 Å². The lowest BCUT2D eigenvalue weighted by Gasteiger charge is -2.19. The van der Waals surface area contributed by atoms with Crippen LogP contribution in [0.3, 0.4) is 0 Å². The lowest BCUT2D eigenvalue weighted by Crippen LogP contribution is -2.13. The molecule has 0 amide bonds. The van der Waals surface area contributed by atoms with Gasteiger partial charge in [0.1, 0.15) is 23.0 Å². The summed E-state index contributed by atoms with van der Waals surface area (Å²) in [4.78, 5) is 9.43. The molecule has 0 spiro atoms. The molecule has 0 fully saturated rings. The Hall–Kier alpha value is -1.88. The molecule has 0 saturated carbocycles. The normalized spacial score (nSPS) is 10.3. The lowest BCUT2D eigenvalue weighted by molar-refractivity contribution is 0.628. The second-order valence-electron chi connectivity index (χ2n) is 3.44. The van der Waals surface area contributed by atoms with Gasteiger partial charge in [-0.15, -0.1) is 0 Å². The van der Waals surface area contributed by atoms with Crippen molar-refractivity contribution < 1.29 is 4.39 Å². The van der Waals surface area contributed by atoms with Crippen molar-refractivity contribution in [3.63, 3.8) is 0 Å². The van der Waals surface area contributed by atoms with Gasteiger partial charge in [0.15, 0.2) is 5.82 Å². The molecule has 0 unspecified atom stereocenters. The van der Waals surface area contributed by atoms with Crippen LogP contribution in [0.1, 0.15) is 0 Å². The van der Waals surface area contributed by atoms with E-state index in [4.69, 9.17) is 17.3 Å². The first-order valence-corrected chi connectivity index (χ1v) is 5.22. The first-order chi connectivity index (χ1) is 8.09. The van der Waals surface area contributed by atoms with Crippen molar-refractivity contribution in [3.8, 4) is 0 Å². The fourth-order valence-electron chi connectivity index (χ4n) is 1.41. The van der Waals surface area contributed by atoms with Gasteiger partial charge >= 0.3 is 0 Å². The van der Waals surface area contributed by atoms with E-state index >= 15 is 0 Å². The molecule has 1 aromatic heterocycles. The molecule has 0 atom stereocenters. The second kappa shape index (κ2) is 4.55. The van der Waals surface area contributed by atoms with Gasteiger partial charge in [-0.2, -0.15) is 0 Å². The van der Waals surface area contributed by atoms with Crippen LogP contribution >= 0.6 is 11.6 Å². The van der Waals surface area contributed by atoms with E-state index < -0.39 is 0 Å². The zero-order chi connectivity index (χ0) is 12.4. The van der Waals surface area contributed by atoms with Crippen LogP contribution in [0.2, 0.25) is 5.02 Å². The molecule has 1 aromatic carbocycles. The first kappa shape index (κ1) is 11.6. The quantitative estimate of drug-likeness (QED) is 0.893. The molecule has 0 bridgehead atoms.